The van der Waals surface area contributed by atoms with E-state index >= 15 is 0 Å². The summed E-state index contributed by atoms with van der Waals surface area (Å²) in [4.78, 5) is 28.9. The highest BCUT2D eigenvalue weighted by Gasteiger charge is 2.14. The maximum atomic E-state index is 12.5. The molecule has 0 saturated heterocycles. The smallest absolute Gasteiger partial charge is 0.325 e. The Labute approximate surface area is 159 Å². The van der Waals surface area contributed by atoms with Gasteiger partial charge in [0.2, 0.25) is 0 Å². The van der Waals surface area contributed by atoms with Crippen LogP contribution in [0.5, 0.6) is 5.75 Å². The molecule has 8 nitrogen and oxygen atoms in total. The van der Waals surface area contributed by atoms with Crippen LogP contribution < -0.4 is 9.54 Å². The molecule has 0 N–H and O–H groups in total. The first kappa shape index (κ1) is 18.8. The number of hydrogen-bond donors (Lipinski definition) is 0. The zero-order valence-corrected chi connectivity index (χ0v) is 16.2. The fraction of sp³-hybridized carbons (Fsp3) is 0.333. The van der Waals surface area contributed by atoms with Gasteiger partial charge in [-0.3, -0.25) is 14.3 Å². The largest absolute Gasteiger partial charge is 0.494 e. The van der Waals surface area contributed by atoms with E-state index < -0.39 is 11.9 Å². The third-order valence-corrected chi connectivity index (χ3v) is 4.90. The SMILES string of the molecule is CCOc1ccc2c(c1)sc(=NC(=O)c1ccn(CC)n1)n2CC(=O)OC. The minimum absolute atomic E-state index is 0.0417. The lowest BCUT2D eigenvalue weighted by Crippen LogP contribution is -2.22. The zero-order valence-electron chi connectivity index (χ0n) is 15.3. The zero-order chi connectivity index (χ0) is 19.4. The van der Waals surface area contributed by atoms with Gasteiger partial charge >= 0.3 is 5.97 Å². The normalized spacial score (nSPS) is 11.7. The van der Waals surface area contributed by atoms with E-state index in [1.54, 1.807) is 21.5 Å². The molecule has 1 amide bonds. The second kappa shape index (κ2) is 8.17. The number of thiazole rings is 1. The Morgan fingerprint density at radius 2 is 2.07 bits per heavy atom. The Morgan fingerprint density at radius 1 is 1.26 bits per heavy atom. The van der Waals surface area contributed by atoms with Crippen LogP contribution in [-0.2, 0) is 22.6 Å². The van der Waals surface area contributed by atoms with E-state index in [9.17, 15) is 9.59 Å². The molecule has 0 bridgehead atoms. The van der Waals surface area contributed by atoms with Crippen molar-refractivity contribution in [3.8, 4) is 5.75 Å². The second-order valence-corrected chi connectivity index (χ2v) is 6.59. The Balaban J connectivity index is 2.09. The molecule has 3 rings (SSSR count). The first-order chi connectivity index (χ1) is 13.0. The molecule has 0 radical (unpaired) electrons. The number of aromatic nitrogens is 3. The van der Waals surface area contributed by atoms with E-state index in [1.807, 2.05) is 32.0 Å². The first-order valence-corrected chi connectivity index (χ1v) is 9.32. The Morgan fingerprint density at radius 3 is 2.74 bits per heavy atom. The van der Waals surface area contributed by atoms with E-state index in [1.165, 1.54) is 18.4 Å². The van der Waals surface area contributed by atoms with Crippen molar-refractivity contribution in [2.75, 3.05) is 13.7 Å². The van der Waals surface area contributed by atoms with Gasteiger partial charge in [-0.25, -0.2) is 0 Å². The number of carbonyl (C=O) groups excluding carboxylic acids is 2. The average Bonchev–Trinajstić information content (AvgIpc) is 3.27. The molecule has 0 spiro atoms. The van der Waals surface area contributed by atoms with E-state index in [2.05, 4.69) is 10.1 Å². The fourth-order valence-corrected chi connectivity index (χ4v) is 3.59. The maximum absolute atomic E-state index is 12.5. The molecule has 27 heavy (non-hydrogen) atoms. The quantitative estimate of drug-likeness (QED) is 0.604. The molecule has 0 unspecified atom stereocenters. The van der Waals surface area contributed by atoms with Crippen LogP contribution in [0.3, 0.4) is 0 Å². The van der Waals surface area contributed by atoms with Crippen LogP contribution in [0.2, 0.25) is 0 Å². The molecule has 0 saturated carbocycles. The summed E-state index contributed by atoms with van der Waals surface area (Å²) in [6, 6.07) is 7.16. The first-order valence-electron chi connectivity index (χ1n) is 8.51. The van der Waals surface area contributed by atoms with Gasteiger partial charge in [-0.15, -0.1) is 0 Å². The summed E-state index contributed by atoms with van der Waals surface area (Å²) in [5, 5.41) is 4.18. The van der Waals surface area contributed by atoms with Crippen molar-refractivity contribution in [1.29, 1.82) is 0 Å². The summed E-state index contributed by atoms with van der Waals surface area (Å²) in [6.45, 7) is 5.02. The van der Waals surface area contributed by atoms with Crippen molar-refractivity contribution in [2.24, 2.45) is 4.99 Å². The molecule has 0 aliphatic heterocycles. The number of amides is 1. The molecular formula is C18H20N4O4S. The maximum Gasteiger partial charge on any atom is 0.325 e. The summed E-state index contributed by atoms with van der Waals surface area (Å²) in [5.74, 6) is -0.166. The molecule has 3 aromatic rings. The average molecular weight is 388 g/mol. The van der Waals surface area contributed by atoms with Crippen LogP contribution in [0.15, 0.2) is 35.5 Å². The topological polar surface area (TPSA) is 87.7 Å². The predicted molar refractivity (Wildman–Crippen MR) is 101 cm³/mol. The van der Waals surface area contributed by atoms with Crippen molar-refractivity contribution in [2.45, 2.75) is 26.9 Å². The van der Waals surface area contributed by atoms with Crippen LogP contribution in [-0.4, -0.2) is 39.9 Å². The van der Waals surface area contributed by atoms with Gasteiger partial charge in [0.1, 0.15) is 12.3 Å². The van der Waals surface area contributed by atoms with E-state index in [-0.39, 0.29) is 12.2 Å². The van der Waals surface area contributed by atoms with Gasteiger partial charge in [-0.05, 0) is 38.1 Å². The number of carbonyl (C=O) groups is 2. The highest BCUT2D eigenvalue weighted by Crippen LogP contribution is 2.23. The molecule has 2 aromatic heterocycles. The molecule has 1 aromatic carbocycles. The highest BCUT2D eigenvalue weighted by atomic mass is 32.1. The fourth-order valence-electron chi connectivity index (χ4n) is 2.54. The monoisotopic (exact) mass is 388 g/mol. The number of fused-ring (bicyclic) bond motifs is 1. The van der Waals surface area contributed by atoms with Gasteiger partial charge in [0.25, 0.3) is 5.91 Å². The number of ether oxygens (including phenoxy) is 2. The van der Waals surface area contributed by atoms with Crippen LogP contribution in [0, 0.1) is 0 Å². The molecule has 0 atom stereocenters. The standard InChI is InChI=1S/C18H20N4O4S/c1-4-21-9-8-13(20-21)17(24)19-18-22(11-16(23)25-3)14-7-6-12(26-5-2)10-15(14)27-18/h6-10H,4-5,11H2,1-3H3. The van der Waals surface area contributed by atoms with Crippen LogP contribution in [0.4, 0.5) is 0 Å². The van der Waals surface area contributed by atoms with Gasteiger partial charge in [-0.2, -0.15) is 10.1 Å². The Kier molecular flexibility index (Phi) is 5.70. The Bertz CT molecular complexity index is 1050. The van der Waals surface area contributed by atoms with Crippen LogP contribution >= 0.6 is 11.3 Å². The van der Waals surface area contributed by atoms with Crippen molar-refractivity contribution >= 4 is 33.4 Å². The summed E-state index contributed by atoms with van der Waals surface area (Å²) in [7, 11) is 1.32. The molecule has 142 valence electrons. The van der Waals surface area contributed by atoms with Crippen LogP contribution in [0.25, 0.3) is 10.2 Å². The van der Waals surface area contributed by atoms with Gasteiger partial charge in [0, 0.05) is 12.7 Å². The van der Waals surface area contributed by atoms with E-state index in [4.69, 9.17) is 9.47 Å². The third kappa shape index (κ3) is 4.08. The molecular weight excluding hydrogens is 368 g/mol. The van der Waals surface area contributed by atoms with Crippen molar-refractivity contribution < 1.29 is 19.1 Å². The minimum atomic E-state index is -0.461. The molecule has 9 heteroatoms. The lowest BCUT2D eigenvalue weighted by atomic mass is 10.3. The van der Waals surface area contributed by atoms with E-state index in [0.717, 1.165) is 16.0 Å². The lowest BCUT2D eigenvalue weighted by Gasteiger charge is -2.05. The number of rotatable bonds is 6. The van der Waals surface area contributed by atoms with Gasteiger partial charge in [-0.1, -0.05) is 11.3 Å². The lowest BCUT2D eigenvalue weighted by molar-refractivity contribution is -0.141. The van der Waals surface area contributed by atoms with E-state index in [0.29, 0.717) is 18.0 Å². The molecule has 0 fully saturated rings. The summed E-state index contributed by atoms with van der Waals surface area (Å²) in [6.07, 6.45) is 1.73. The summed E-state index contributed by atoms with van der Waals surface area (Å²) >= 11 is 1.31. The number of methoxy groups -OCH3 is 1. The van der Waals surface area contributed by atoms with Crippen LogP contribution in [0.1, 0.15) is 24.3 Å². The van der Waals surface area contributed by atoms with Gasteiger partial charge < -0.3 is 14.0 Å². The number of nitrogens with zero attached hydrogens (tertiary/aromatic N) is 4. The molecule has 0 aliphatic rings. The third-order valence-electron chi connectivity index (χ3n) is 3.86. The van der Waals surface area contributed by atoms with Crippen molar-refractivity contribution in [3.63, 3.8) is 0 Å². The molecule has 0 aliphatic carbocycles. The summed E-state index contributed by atoms with van der Waals surface area (Å²) in [5.41, 5.74) is 1.04. The van der Waals surface area contributed by atoms with Gasteiger partial charge in [0.05, 0.1) is 23.9 Å². The number of aryl methyl sites for hydroxylation is 1. The van der Waals surface area contributed by atoms with Crippen molar-refractivity contribution in [3.05, 3.63) is 41.0 Å². The molecule has 2 heterocycles. The number of benzene rings is 1. The van der Waals surface area contributed by atoms with Gasteiger partial charge in [0.15, 0.2) is 10.5 Å². The highest BCUT2D eigenvalue weighted by molar-refractivity contribution is 7.16. The minimum Gasteiger partial charge on any atom is -0.494 e. The summed E-state index contributed by atoms with van der Waals surface area (Å²) < 4.78 is 14.5. The second-order valence-electron chi connectivity index (χ2n) is 5.58. The predicted octanol–water partition coefficient (Wildman–Crippen LogP) is 2.23. The van der Waals surface area contributed by atoms with Crippen molar-refractivity contribution in [1.82, 2.24) is 14.3 Å². The Hall–Kier alpha value is -2.94. The number of esters is 1. The number of hydrogen-bond acceptors (Lipinski definition) is 6.